The number of hydrogen-bond donors (Lipinski definition) is 1. The Kier molecular flexibility index (Phi) is 7.07. The van der Waals surface area contributed by atoms with E-state index in [0.717, 1.165) is 0 Å². The van der Waals surface area contributed by atoms with Crippen molar-refractivity contribution in [2.45, 2.75) is 25.0 Å². The molecule has 1 heterocycles. The van der Waals surface area contributed by atoms with Gasteiger partial charge in [0.1, 0.15) is 6.10 Å². The van der Waals surface area contributed by atoms with E-state index in [1.54, 1.807) is 61.5 Å². The molecule has 35 heavy (non-hydrogen) atoms. The van der Waals surface area contributed by atoms with Crippen LogP contribution in [0.25, 0.3) is 0 Å². The van der Waals surface area contributed by atoms with Gasteiger partial charge < -0.3 is 9.84 Å². The quantitative estimate of drug-likeness (QED) is 0.252. The summed E-state index contributed by atoms with van der Waals surface area (Å²) >= 11 is 12.1. The number of benzene rings is 3. The molecule has 0 spiro atoms. The number of nitro benzene ring substituents is 1. The van der Waals surface area contributed by atoms with Crippen LogP contribution in [0.3, 0.4) is 0 Å². The molecule has 10 heteroatoms. The fourth-order valence-corrected chi connectivity index (χ4v) is 4.38. The van der Waals surface area contributed by atoms with Crippen LogP contribution in [-0.2, 0) is 9.53 Å². The standard InChI is InChI=1S/C25H21Cl2N3O5/c1-2-35-24(32)25(23(31)20-5-3-4-6-22(20)30(33)34)15-21(16-7-9-17(26)10-8-16)28-29(25)19-13-11-18(27)12-14-19/h3-14,23,31H,2,15H2,1H3/t23-,25+/m1/s1. The number of carbonyl (C=O) groups excluding carboxylic acids is 1. The zero-order valence-corrected chi connectivity index (χ0v) is 20.1. The Morgan fingerprint density at radius 2 is 1.71 bits per heavy atom. The van der Waals surface area contributed by atoms with E-state index < -0.39 is 22.5 Å². The Morgan fingerprint density at radius 3 is 2.31 bits per heavy atom. The minimum Gasteiger partial charge on any atom is -0.464 e. The second kappa shape index (κ2) is 10.0. The summed E-state index contributed by atoms with van der Waals surface area (Å²) in [4.78, 5) is 24.8. The molecular weight excluding hydrogens is 493 g/mol. The van der Waals surface area contributed by atoms with Crippen molar-refractivity contribution in [3.63, 3.8) is 0 Å². The second-order valence-electron chi connectivity index (χ2n) is 7.88. The van der Waals surface area contributed by atoms with Gasteiger partial charge in [0.25, 0.3) is 5.69 Å². The minimum atomic E-state index is -1.83. The first-order valence-electron chi connectivity index (χ1n) is 10.8. The van der Waals surface area contributed by atoms with E-state index in [2.05, 4.69) is 0 Å². The Morgan fingerprint density at radius 1 is 1.11 bits per heavy atom. The number of esters is 1. The number of ether oxygens (including phenoxy) is 1. The molecule has 3 aromatic carbocycles. The van der Waals surface area contributed by atoms with Crippen molar-refractivity contribution in [1.29, 1.82) is 0 Å². The van der Waals surface area contributed by atoms with Crippen LogP contribution in [-0.4, -0.2) is 33.9 Å². The summed E-state index contributed by atoms with van der Waals surface area (Å²) in [6, 6.07) is 19.2. The van der Waals surface area contributed by atoms with Gasteiger partial charge in [-0.25, -0.2) is 9.80 Å². The molecule has 4 rings (SSSR count). The maximum Gasteiger partial charge on any atom is 0.337 e. The van der Waals surface area contributed by atoms with Gasteiger partial charge in [-0.2, -0.15) is 5.10 Å². The van der Waals surface area contributed by atoms with Crippen molar-refractivity contribution in [2.24, 2.45) is 5.10 Å². The van der Waals surface area contributed by atoms with E-state index >= 15 is 0 Å². The zero-order valence-electron chi connectivity index (χ0n) is 18.6. The van der Waals surface area contributed by atoms with Crippen molar-refractivity contribution in [2.75, 3.05) is 11.6 Å². The van der Waals surface area contributed by atoms with Gasteiger partial charge in [-0.1, -0.05) is 47.5 Å². The predicted octanol–water partition coefficient (Wildman–Crippen LogP) is 5.55. The number of carbonyl (C=O) groups is 1. The first kappa shape index (κ1) is 24.7. The third-order valence-electron chi connectivity index (χ3n) is 5.79. The fraction of sp³-hybridized carbons (Fsp3) is 0.200. The lowest BCUT2D eigenvalue weighted by atomic mass is 9.81. The van der Waals surface area contributed by atoms with Gasteiger partial charge in [-0.05, 0) is 55.0 Å². The average molecular weight is 514 g/mol. The minimum absolute atomic E-state index is 0.0305. The van der Waals surface area contributed by atoms with Crippen LogP contribution < -0.4 is 5.01 Å². The van der Waals surface area contributed by atoms with E-state index in [4.69, 9.17) is 33.0 Å². The fourth-order valence-electron chi connectivity index (χ4n) is 4.13. The molecule has 0 saturated heterocycles. The first-order valence-corrected chi connectivity index (χ1v) is 11.5. The van der Waals surface area contributed by atoms with E-state index in [0.29, 0.717) is 27.0 Å². The monoisotopic (exact) mass is 513 g/mol. The summed E-state index contributed by atoms with van der Waals surface area (Å²) in [5, 5.41) is 30.5. The number of aliphatic hydroxyl groups is 1. The molecule has 0 fully saturated rings. The lowest BCUT2D eigenvalue weighted by Gasteiger charge is -2.38. The molecule has 8 nitrogen and oxygen atoms in total. The molecule has 1 aliphatic heterocycles. The van der Waals surface area contributed by atoms with E-state index in [1.165, 1.54) is 23.2 Å². The van der Waals surface area contributed by atoms with E-state index in [9.17, 15) is 20.0 Å². The largest absolute Gasteiger partial charge is 0.464 e. The van der Waals surface area contributed by atoms with Crippen LogP contribution in [0.1, 0.15) is 30.6 Å². The lowest BCUT2D eigenvalue weighted by molar-refractivity contribution is -0.386. The summed E-state index contributed by atoms with van der Waals surface area (Å²) in [6.45, 7) is 1.68. The van der Waals surface area contributed by atoms with Crippen molar-refractivity contribution in [3.05, 3.63) is 104 Å². The molecule has 0 bridgehead atoms. The number of hydrogen-bond acceptors (Lipinski definition) is 7. The molecule has 0 radical (unpaired) electrons. The third-order valence-corrected chi connectivity index (χ3v) is 6.30. The average Bonchev–Trinajstić information content (AvgIpc) is 3.26. The van der Waals surface area contributed by atoms with E-state index in [1.807, 2.05) is 0 Å². The van der Waals surface area contributed by atoms with Crippen molar-refractivity contribution in [3.8, 4) is 0 Å². The SMILES string of the molecule is CCOC(=O)[C@@]1([C@H](O)c2ccccc2[N+](=O)[O-])CC(c2ccc(Cl)cc2)=NN1c1ccc(Cl)cc1. The summed E-state index contributed by atoms with van der Waals surface area (Å²) in [5.74, 6) is -0.770. The second-order valence-corrected chi connectivity index (χ2v) is 8.75. The molecule has 3 aromatic rings. The number of rotatable bonds is 7. The Bertz CT molecular complexity index is 1280. The van der Waals surface area contributed by atoms with Gasteiger partial charge in [0.15, 0.2) is 5.54 Å². The number of hydrazone groups is 1. The number of halogens is 2. The Hall–Kier alpha value is -3.46. The predicted molar refractivity (Wildman–Crippen MR) is 134 cm³/mol. The molecule has 0 amide bonds. The molecule has 0 saturated carbocycles. The normalized spacial score (nSPS) is 18.2. The summed E-state index contributed by atoms with van der Waals surface area (Å²) < 4.78 is 5.42. The Labute approximate surface area is 211 Å². The van der Waals surface area contributed by atoms with Crippen LogP contribution in [0.4, 0.5) is 11.4 Å². The molecule has 2 atom stereocenters. The highest BCUT2D eigenvalue weighted by Crippen LogP contribution is 2.46. The van der Waals surface area contributed by atoms with Gasteiger partial charge >= 0.3 is 5.97 Å². The van der Waals surface area contributed by atoms with Crippen LogP contribution >= 0.6 is 23.2 Å². The van der Waals surface area contributed by atoms with Gasteiger partial charge in [0, 0.05) is 22.5 Å². The van der Waals surface area contributed by atoms with Crippen molar-refractivity contribution < 1.29 is 19.6 Å². The number of para-hydroxylation sites is 1. The number of anilines is 1. The molecule has 0 unspecified atom stereocenters. The molecule has 0 aromatic heterocycles. The highest BCUT2D eigenvalue weighted by atomic mass is 35.5. The number of nitro groups is 1. The molecular formula is C25H21Cl2N3O5. The van der Waals surface area contributed by atoms with Crippen molar-refractivity contribution >= 4 is 46.3 Å². The van der Waals surface area contributed by atoms with Gasteiger partial charge in [-0.3, -0.25) is 10.1 Å². The smallest absolute Gasteiger partial charge is 0.337 e. The molecule has 180 valence electrons. The number of aliphatic hydroxyl groups excluding tert-OH is 1. The molecule has 1 N–H and O–H groups in total. The lowest BCUT2D eigenvalue weighted by Crippen LogP contribution is -2.55. The van der Waals surface area contributed by atoms with Crippen LogP contribution in [0, 0.1) is 10.1 Å². The van der Waals surface area contributed by atoms with Gasteiger partial charge in [0.05, 0.1) is 28.5 Å². The Balaban J connectivity index is 1.94. The van der Waals surface area contributed by atoms with Crippen LogP contribution in [0.15, 0.2) is 77.9 Å². The maximum atomic E-state index is 13.6. The van der Waals surface area contributed by atoms with Crippen LogP contribution in [0.2, 0.25) is 10.0 Å². The van der Waals surface area contributed by atoms with E-state index in [-0.39, 0.29) is 24.3 Å². The van der Waals surface area contributed by atoms with Crippen LogP contribution in [0.5, 0.6) is 0 Å². The summed E-state index contributed by atoms with van der Waals surface area (Å²) in [7, 11) is 0. The number of nitrogens with zero attached hydrogens (tertiary/aromatic N) is 3. The third kappa shape index (κ3) is 4.60. The van der Waals surface area contributed by atoms with Crippen molar-refractivity contribution in [1.82, 2.24) is 0 Å². The summed E-state index contributed by atoms with van der Waals surface area (Å²) in [5.41, 5.74) is -0.581. The highest BCUT2D eigenvalue weighted by Gasteiger charge is 2.58. The maximum absolute atomic E-state index is 13.6. The highest BCUT2D eigenvalue weighted by molar-refractivity contribution is 6.31. The van der Waals surface area contributed by atoms with Gasteiger partial charge in [0.2, 0.25) is 0 Å². The molecule has 0 aliphatic carbocycles. The van der Waals surface area contributed by atoms with Gasteiger partial charge in [-0.15, -0.1) is 0 Å². The summed E-state index contributed by atoms with van der Waals surface area (Å²) in [6.07, 6.45) is -1.74. The topological polar surface area (TPSA) is 105 Å². The molecule has 1 aliphatic rings. The zero-order chi connectivity index (χ0) is 25.2. The first-order chi connectivity index (χ1) is 16.8.